The van der Waals surface area contributed by atoms with Crippen LogP contribution in [0.25, 0.3) is 0 Å². The Bertz CT molecular complexity index is 633. The van der Waals surface area contributed by atoms with Gasteiger partial charge in [-0.1, -0.05) is 12.1 Å². The van der Waals surface area contributed by atoms with Gasteiger partial charge in [0.1, 0.15) is 17.3 Å². The highest BCUT2D eigenvalue weighted by Gasteiger charge is 2.46. The Hall–Kier alpha value is -2.24. The fraction of sp³-hybridized carbons (Fsp3) is 0.471. The molecule has 1 saturated heterocycles. The maximum absolute atomic E-state index is 13.1. The van der Waals surface area contributed by atoms with Gasteiger partial charge in [0.15, 0.2) is 0 Å². The zero-order chi connectivity index (χ0) is 17.4. The summed E-state index contributed by atoms with van der Waals surface area (Å²) in [6, 6.07) is 5.47. The van der Waals surface area contributed by atoms with Gasteiger partial charge in [0.05, 0.1) is 0 Å². The number of likely N-dealkylation sites (tertiary alicyclic amines) is 1. The van der Waals surface area contributed by atoms with E-state index in [-0.39, 0.29) is 12.3 Å². The maximum Gasteiger partial charge on any atom is 0.319 e. The predicted molar refractivity (Wildman–Crippen MR) is 80.9 cm³/mol. The van der Waals surface area contributed by atoms with Crippen LogP contribution in [0.1, 0.15) is 38.7 Å². The summed E-state index contributed by atoms with van der Waals surface area (Å²) in [5, 5.41) is 0. The second kappa shape index (κ2) is 6.10. The van der Waals surface area contributed by atoms with Crippen LogP contribution in [0.15, 0.2) is 24.3 Å². The van der Waals surface area contributed by atoms with E-state index in [4.69, 9.17) is 4.74 Å². The number of rotatable bonds is 2. The summed E-state index contributed by atoms with van der Waals surface area (Å²) in [4.78, 5) is 37.9. The van der Waals surface area contributed by atoms with Gasteiger partial charge in [0, 0.05) is 19.4 Å². The lowest BCUT2D eigenvalue weighted by molar-refractivity contribution is -0.169. The van der Waals surface area contributed by atoms with Gasteiger partial charge in [-0.25, -0.2) is 4.39 Å². The first-order valence-corrected chi connectivity index (χ1v) is 7.39. The Morgan fingerprint density at radius 2 is 1.78 bits per heavy atom. The van der Waals surface area contributed by atoms with Crippen molar-refractivity contribution in [2.75, 3.05) is 7.05 Å². The molecule has 23 heavy (non-hydrogen) atoms. The van der Waals surface area contributed by atoms with Gasteiger partial charge in [-0.3, -0.25) is 19.3 Å². The number of imide groups is 1. The summed E-state index contributed by atoms with van der Waals surface area (Å²) < 4.78 is 18.4. The second-order valence-corrected chi connectivity index (χ2v) is 6.66. The number of benzene rings is 1. The lowest BCUT2D eigenvalue weighted by Crippen LogP contribution is -2.50. The normalized spacial score (nSPS) is 22.2. The first kappa shape index (κ1) is 17.1. The minimum absolute atomic E-state index is 0.00220. The van der Waals surface area contributed by atoms with Gasteiger partial charge >= 0.3 is 5.97 Å². The van der Waals surface area contributed by atoms with Gasteiger partial charge in [-0.15, -0.1) is 0 Å². The van der Waals surface area contributed by atoms with Crippen LogP contribution in [0.4, 0.5) is 4.39 Å². The first-order valence-electron chi connectivity index (χ1n) is 7.39. The number of carbonyl (C=O) groups excluding carboxylic acids is 3. The molecule has 2 rings (SSSR count). The highest BCUT2D eigenvalue weighted by Crippen LogP contribution is 2.35. The van der Waals surface area contributed by atoms with E-state index in [1.165, 1.54) is 31.3 Å². The van der Waals surface area contributed by atoms with Crippen molar-refractivity contribution >= 4 is 17.8 Å². The van der Waals surface area contributed by atoms with Crippen LogP contribution >= 0.6 is 0 Å². The molecule has 1 fully saturated rings. The Balaban J connectivity index is 2.39. The number of esters is 1. The van der Waals surface area contributed by atoms with Crippen LogP contribution in [0.3, 0.4) is 0 Å². The van der Waals surface area contributed by atoms with E-state index in [0.717, 1.165) is 4.90 Å². The molecule has 0 aromatic heterocycles. The second-order valence-electron chi connectivity index (χ2n) is 6.66. The molecule has 1 heterocycles. The van der Waals surface area contributed by atoms with E-state index in [1.54, 1.807) is 20.8 Å². The van der Waals surface area contributed by atoms with Crippen molar-refractivity contribution in [3.63, 3.8) is 0 Å². The Morgan fingerprint density at radius 1 is 1.22 bits per heavy atom. The van der Waals surface area contributed by atoms with Gasteiger partial charge in [0.25, 0.3) is 0 Å². The summed E-state index contributed by atoms with van der Waals surface area (Å²) in [6.07, 6.45) is -0.00220. The molecule has 1 aromatic carbocycles. The van der Waals surface area contributed by atoms with Crippen molar-refractivity contribution in [3.8, 4) is 0 Å². The zero-order valence-corrected chi connectivity index (χ0v) is 13.6. The lowest BCUT2D eigenvalue weighted by Gasteiger charge is -2.35. The minimum atomic E-state index is -1.11. The van der Waals surface area contributed by atoms with Crippen molar-refractivity contribution in [1.82, 2.24) is 4.90 Å². The molecule has 0 saturated carbocycles. The Morgan fingerprint density at radius 3 is 2.30 bits per heavy atom. The third-order valence-electron chi connectivity index (χ3n) is 3.73. The number of ether oxygens (including phenoxy) is 1. The molecule has 5 nitrogen and oxygen atoms in total. The number of carbonyl (C=O) groups is 3. The average Bonchev–Trinajstić information content (AvgIpc) is 2.43. The van der Waals surface area contributed by atoms with Crippen LogP contribution in [-0.4, -0.2) is 35.3 Å². The smallest absolute Gasteiger partial charge is 0.319 e. The third-order valence-corrected chi connectivity index (χ3v) is 3.73. The zero-order valence-electron chi connectivity index (χ0n) is 13.6. The Labute approximate surface area is 134 Å². The van der Waals surface area contributed by atoms with Gasteiger partial charge in [-0.05, 0) is 38.5 Å². The summed E-state index contributed by atoms with van der Waals surface area (Å²) in [7, 11) is 1.35. The molecule has 124 valence electrons. The van der Waals surface area contributed by atoms with Gasteiger partial charge in [-0.2, -0.15) is 0 Å². The van der Waals surface area contributed by atoms with Gasteiger partial charge < -0.3 is 4.74 Å². The molecule has 0 radical (unpaired) electrons. The fourth-order valence-electron chi connectivity index (χ4n) is 2.60. The fourth-order valence-corrected chi connectivity index (χ4v) is 2.60. The van der Waals surface area contributed by atoms with Crippen LogP contribution in [-0.2, 0) is 19.1 Å². The molecule has 2 amide bonds. The molecular weight excluding hydrogens is 301 g/mol. The summed E-state index contributed by atoms with van der Waals surface area (Å²) in [5.41, 5.74) is -0.179. The number of halogens is 1. The lowest BCUT2D eigenvalue weighted by atomic mass is 9.79. The molecule has 1 aliphatic heterocycles. The number of hydrogen-bond acceptors (Lipinski definition) is 4. The first-order chi connectivity index (χ1) is 10.6. The minimum Gasteiger partial charge on any atom is -0.459 e. The summed E-state index contributed by atoms with van der Waals surface area (Å²) in [6.45, 7) is 5.12. The highest BCUT2D eigenvalue weighted by atomic mass is 19.1. The van der Waals surface area contributed by atoms with Crippen LogP contribution < -0.4 is 0 Å². The number of amides is 2. The largest absolute Gasteiger partial charge is 0.459 e. The standard InChI is InChI=1S/C17H20FNO4/c1-17(2,3)23-16(22)14-12(9-13(20)19(4)15(14)21)10-5-7-11(18)8-6-10/h5-8,12,14H,9H2,1-4H3. The quantitative estimate of drug-likeness (QED) is 0.476. The van der Waals surface area contributed by atoms with E-state index in [9.17, 15) is 18.8 Å². The SMILES string of the molecule is CN1C(=O)CC(c2ccc(F)cc2)C(C(=O)OC(C)(C)C)C1=O. The number of nitrogens with zero attached hydrogens (tertiary/aromatic N) is 1. The van der Waals surface area contributed by atoms with Crippen molar-refractivity contribution in [3.05, 3.63) is 35.6 Å². The van der Waals surface area contributed by atoms with E-state index < -0.39 is 35.1 Å². The van der Waals surface area contributed by atoms with E-state index in [0.29, 0.717) is 5.56 Å². The molecule has 6 heteroatoms. The van der Waals surface area contributed by atoms with Crippen molar-refractivity contribution in [2.45, 2.75) is 38.7 Å². The molecule has 1 aromatic rings. The molecule has 0 bridgehead atoms. The van der Waals surface area contributed by atoms with Crippen LogP contribution in [0.5, 0.6) is 0 Å². The van der Waals surface area contributed by atoms with E-state index >= 15 is 0 Å². The average molecular weight is 321 g/mol. The Kier molecular flexibility index (Phi) is 4.54. The monoisotopic (exact) mass is 321 g/mol. The van der Waals surface area contributed by atoms with E-state index in [2.05, 4.69) is 0 Å². The predicted octanol–water partition coefficient (Wildman–Crippen LogP) is 2.26. The molecule has 2 unspecified atom stereocenters. The molecule has 0 spiro atoms. The molecule has 1 aliphatic rings. The molecule has 0 N–H and O–H groups in total. The third kappa shape index (κ3) is 3.75. The maximum atomic E-state index is 13.1. The summed E-state index contributed by atoms with van der Waals surface area (Å²) in [5.74, 6) is -3.82. The highest BCUT2D eigenvalue weighted by molar-refractivity contribution is 6.08. The van der Waals surface area contributed by atoms with E-state index in [1.807, 2.05) is 0 Å². The van der Waals surface area contributed by atoms with Crippen LogP contribution in [0.2, 0.25) is 0 Å². The molecular formula is C17H20FNO4. The van der Waals surface area contributed by atoms with Crippen molar-refractivity contribution in [2.24, 2.45) is 5.92 Å². The number of hydrogen-bond donors (Lipinski definition) is 0. The summed E-state index contributed by atoms with van der Waals surface area (Å²) >= 11 is 0. The molecule has 2 atom stereocenters. The topological polar surface area (TPSA) is 63.7 Å². The van der Waals surface area contributed by atoms with Crippen molar-refractivity contribution in [1.29, 1.82) is 0 Å². The van der Waals surface area contributed by atoms with Crippen molar-refractivity contribution < 1.29 is 23.5 Å². The van der Waals surface area contributed by atoms with Gasteiger partial charge in [0.2, 0.25) is 11.8 Å². The number of piperidine rings is 1. The molecule has 0 aliphatic carbocycles. The van der Waals surface area contributed by atoms with Crippen LogP contribution in [0, 0.1) is 11.7 Å².